The van der Waals surface area contributed by atoms with Crippen molar-refractivity contribution in [2.45, 2.75) is 110 Å². The monoisotopic (exact) mass is 449 g/mol. The fourth-order valence-electron chi connectivity index (χ4n) is 4.98. The first-order valence-corrected chi connectivity index (χ1v) is 13.4. The molecule has 3 rings (SSSR count). The predicted octanol–water partition coefficient (Wildman–Crippen LogP) is 8.69. The molecule has 0 fully saturated rings. The highest BCUT2D eigenvalue weighted by Crippen LogP contribution is 2.32. The Hall–Kier alpha value is -2.29. The van der Waals surface area contributed by atoms with Crippen molar-refractivity contribution in [1.82, 2.24) is 4.57 Å². The summed E-state index contributed by atoms with van der Waals surface area (Å²) in [6, 6.07) is 14.2. The summed E-state index contributed by atoms with van der Waals surface area (Å²) in [4.78, 5) is 10.8. The molecule has 1 heterocycles. The Kier molecular flexibility index (Phi) is 10.3. The first-order valence-electron chi connectivity index (χ1n) is 13.4. The van der Waals surface area contributed by atoms with Gasteiger partial charge in [-0.25, -0.2) is 0 Å². The van der Waals surface area contributed by atoms with Gasteiger partial charge in [-0.05, 0) is 73.9 Å². The smallest absolute Gasteiger partial charge is 0.303 e. The molecule has 3 nitrogen and oxygen atoms in total. The van der Waals surface area contributed by atoms with Gasteiger partial charge in [0.05, 0.1) is 0 Å². The van der Waals surface area contributed by atoms with Crippen LogP contribution in [0, 0.1) is 0 Å². The lowest BCUT2D eigenvalue weighted by Gasteiger charge is -2.08. The lowest BCUT2D eigenvalue weighted by molar-refractivity contribution is -0.137. The number of aromatic nitrogens is 1. The standard InChI is InChI=1S/C30H43NO2/c1-3-5-7-10-14-24-17-19-28-26(22-24)27-23-25(15-11-8-6-4-2)18-20-29(27)31(28)21-13-9-12-16-30(32)33/h17-20,22-23H,3-16,21H2,1-2H3,(H,32,33). The molecular formula is C30H43NO2. The van der Waals surface area contributed by atoms with Gasteiger partial charge in [-0.15, -0.1) is 0 Å². The summed E-state index contributed by atoms with van der Waals surface area (Å²) in [6.07, 6.45) is 15.7. The lowest BCUT2D eigenvalue weighted by Crippen LogP contribution is -1.99. The largest absolute Gasteiger partial charge is 0.481 e. The van der Waals surface area contributed by atoms with Gasteiger partial charge in [-0.2, -0.15) is 0 Å². The molecule has 0 radical (unpaired) electrons. The van der Waals surface area contributed by atoms with E-state index < -0.39 is 5.97 Å². The number of hydrogen-bond acceptors (Lipinski definition) is 1. The maximum absolute atomic E-state index is 10.8. The van der Waals surface area contributed by atoms with Crippen molar-refractivity contribution in [3.63, 3.8) is 0 Å². The Morgan fingerprint density at radius 3 is 1.70 bits per heavy atom. The van der Waals surface area contributed by atoms with E-state index in [2.05, 4.69) is 54.8 Å². The number of aryl methyl sites for hydroxylation is 3. The summed E-state index contributed by atoms with van der Waals surface area (Å²) < 4.78 is 2.47. The summed E-state index contributed by atoms with van der Waals surface area (Å²) in [6.45, 7) is 5.48. The zero-order valence-electron chi connectivity index (χ0n) is 20.9. The number of benzene rings is 2. The molecule has 0 aliphatic rings. The van der Waals surface area contributed by atoms with Crippen LogP contribution in [0.1, 0.15) is 102 Å². The average molecular weight is 450 g/mol. The second-order valence-corrected chi connectivity index (χ2v) is 9.68. The number of carboxylic acids is 1. The van der Waals surface area contributed by atoms with Crippen molar-refractivity contribution < 1.29 is 9.90 Å². The summed E-state index contributed by atoms with van der Waals surface area (Å²) in [7, 11) is 0. The van der Waals surface area contributed by atoms with E-state index in [9.17, 15) is 4.79 Å². The van der Waals surface area contributed by atoms with Gasteiger partial charge in [0.15, 0.2) is 0 Å². The Morgan fingerprint density at radius 1 is 0.697 bits per heavy atom. The molecule has 1 aromatic heterocycles. The summed E-state index contributed by atoms with van der Waals surface area (Å²) in [5, 5.41) is 11.7. The number of hydrogen-bond donors (Lipinski definition) is 1. The first kappa shape index (κ1) is 25.3. The molecule has 0 amide bonds. The maximum Gasteiger partial charge on any atom is 0.303 e. The lowest BCUT2D eigenvalue weighted by atomic mass is 10.0. The third-order valence-corrected chi connectivity index (χ3v) is 6.90. The van der Waals surface area contributed by atoms with E-state index in [0.29, 0.717) is 0 Å². The van der Waals surface area contributed by atoms with Crippen molar-refractivity contribution >= 4 is 27.8 Å². The Morgan fingerprint density at radius 2 is 1.21 bits per heavy atom. The Bertz CT molecular complexity index is 948. The minimum absolute atomic E-state index is 0.274. The molecule has 2 aromatic carbocycles. The van der Waals surface area contributed by atoms with Crippen LogP contribution < -0.4 is 0 Å². The van der Waals surface area contributed by atoms with Crippen molar-refractivity contribution in [3.05, 3.63) is 47.5 Å². The Balaban J connectivity index is 1.84. The van der Waals surface area contributed by atoms with E-state index in [-0.39, 0.29) is 6.42 Å². The zero-order valence-corrected chi connectivity index (χ0v) is 20.9. The van der Waals surface area contributed by atoms with Gasteiger partial charge in [0.25, 0.3) is 0 Å². The SMILES string of the molecule is CCCCCCc1ccc2c(c1)c1cc(CCCCCC)ccc1n2CCCCCC(=O)O. The number of carboxylic acid groups (broad SMARTS) is 1. The van der Waals surface area contributed by atoms with Crippen LogP contribution in [-0.2, 0) is 24.2 Å². The highest BCUT2D eigenvalue weighted by Gasteiger charge is 2.12. The van der Waals surface area contributed by atoms with Crippen molar-refractivity contribution in [2.24, 2.45) is 0 Å². The van der Waals surface area contributed by atoms with Gasteiger partial charge in [0.1, 0.15) is 0 Å². The van der Waals surface area contributed by atoms with Crippen LogP contribution in [0.4, 0.5) is 0 Å². The molecule has 0 bridgehead atoms. The van der Waals surface area contributed by atoms with E-state index in [1.165, 1.54) is 84.3 Å². The second-order valence-electron chi connectivity index (χ2n) is 9.68. The molecule has 0 saturated carbocycles. The van der Waals surface area contributed by atoms with E-state index in [4.69, 9.17) is 5.11 Å². The highest BCUT2D eigenvalue weighted by atomic mass is 16.4. The van der Waals surface area contributed by atoms with Gasteiger partial charge < -0.3 is 9.67 Å². The molecule has 0 unspecified atom stereocenters. The molecule has 3 aromatic rings. The molecular weight excluding hydrogens is 406 g/mol. The third kappa shape index (κ3) is 7.35. The van der Waals surface area contributed by atoms with Crippen LogP contribution in [0.25, 0.3) is 21.8 Å². The van der Waals surface area contributed by atoms with E-state index in [1.807, 2.05) is 0 Å². The van der Waals surface area contributed by atoms with Crippen LogP contribution in [0.15, 0.2) is 36.4 Å². The summed E-state index contributed by atoms with van der Waals surface area (Å²) in [5.74, 6) is -0.690. The molecule has 0 saturated heterocycles. The fourth-order valence-corrected chi connectivity index (χ4v) is 4.98. The number of aliphatic carboxylic acids is 1. The van der Waals surface area contributed by atoms with Crippen LogP contribution >= 0.6 is 0 Å². The average Bonchev–Trinajstić information content (AvgIpc) is 3.11. The number of nitrogens with zero attached hydrogens (tertiary/aromatic N) is 1. The van der Waals surface area contributed by atoms with Crippen molar-refractivity contribution in [2.75, 3.05) is 0 Å². The normalized spacial score (nSPS) is 11.6. The molecule has 0 spiro atoms. The molecule has 1 N–H and O–H groups in total. The summed E-state index contributed by atoms with van der Waals surface area (Å²) >= 11 is 0. The Labute approximate surface area is 200 Å². The first-order chi connectivity index (χ1) is 16.1. The number of fused-ring (bicyclic) bond motifs is 3. The van der Waals surface area contributed by atoms with Gasteiger partial charge in [0.2, 0.25) is 0 Å². The van der Waals surface area contributed by atoms with Crippen LogP contribution in [0.5, 0.6) is 0 Å². The zero-order chi connectivity index (χ0) is 23.5. The molecule has 0 aliphatic heterocycles. The van der Waals surface area contributed by atoms with Gasteiger partial charge >= 0.3 is 5.97 Å². The maximum atomic E-state index is 10.8. The fraction of sp³-hybridized carbons (Fsp3) is 0.567. The number of rotatable bonds is 16. The summed E-state index contributed by atoms with van der Waals surface area (Å²) in [5.41, 5.74) is 5.55. The molecule has 0 atom stereocenters. The minimum atomic E-state index is -0.690. The minimum Gasteiger partial charge on any atom is -0.481 e. The molecule has 33 heavy (non-hydrogen) atoms. The third-order valence-electron chi connectivity index (χ3n) is 6.90. The van der Waals surface area contributed by atoms with Crippen molar-refractivity contribution in [3.8, 4) is 0 Å². The van der Waals surface area contributed by atoms with Crippen LogP contribution in [0.3, 0.4) is 0 Å². The molecule has 3 heteroatoms. The van der Waals surface area contributed by atoms with Crippen LogP contribution in [-0.4, -0.2) is 15.6 Å². The topological polar surface area (TPSA) is 42.2 Å². The van der Waals surface area contributed by atoms with Crippen LogP contribution in [0.2, 0.25) is 0 Å². The molecule has 0 aliphatic carbocycles. The van der Waals surface area contributed by atoms with Crippen molar-refractivity contribution in [1.29, 1.82) is 0 Å². The number of carbonyl (C=O) groups is 1. The van der Waals surface area contributed by atoms with Gasteiger partial charge in [0, 0.05) is 34.8 Å². The second kappa shape index (κ2) is 13.4. The number of unbranched alkanes of at least 4 members (excludes halogenated alkanes) is 8. The quantitative estimate of drug-likeness (QED) is 0.222. The van der Waals surface area contributed by atoms with E-state index in [0.717, 1.165) is 38.6 Å². The van der Waals surface area contributed by atoms with Gasteiger partial charge in [-0.3, -0.25) is 4.79 Å². The molecule has 180 valence electrons. The van der Waals surface area contributed by atoms with Gasteiger partial charge in [-0.1, -0.05) is 70.9 Å². The predicted molar refractivity (Wildman–Crippen MR) is 141 cm³/mol. The highest BCUT2D eigenvalue weighted by molar-refractivity contribution is 6.08. The van der Waals surface area contributed by atoms with E-state index in [1.54, 1.807) is 0 Å². The van der Waals surface area contributed by atoms with E-state index >= 15 is 0 Å².